The Hall–Kier alpha value is -4.54. The maximum atomic E-state index is 14.3. The van der Waals surface area contributed by atoms with E-state index in [0.29, 0.717) is 45.1 Å². The molecule has 2 aromatic carbocycles. The summed E-state index contributed by atoms with van der Waals surface area (Å²) in [4.78, 5) is 24.6. The molecule has 43 heavy (non-hydrogen) atoms. The van der Waals surface area contributed by atoms with Gasteiger partial charge in [0.1, 0.15) is 35.5 Å². The lowest BCUT2D eigenvalue weighted by Crippen LogP contribution is -2.38. The first kappa shape index (κ1) is 29.9. The van der Waals surface area contributed by atoms with Gasteiger partial charge in [0, 0.05) is 19.3 Å². The molecule has 3 aromatic rings. The van der Waals surface area contributed by atoms with Gasteiger partial charge in [0.2, 0.25) is 5.43 Å². The number of para-hydroxylation sites is 1. The van der Waals surface area contributed by atoms with Crippen LogP contribution in [0.1, 0.15) is 31.6 Å². The molecule has 4 N–H and O–H groups in total. The molecule has 0 spiro atoms. The predicted octanol–water partition coefficient (Wildman–Crippen LogP) is 4.63. The average molecular weight is 585 g/mol. The number of nitrogens with zero attached hydrogens (tertiary/aromatic N) is 3. The van der Waals surface area contributed by atoms with Crippen molar-refractivity contribution >= 4 is 23.5 Å². The molecule has 0 radical (unpaired) electrons. The quantitative estimate of drug-likeness (QED) is 0.222. The van der Waals surface area contributed by atoms with Crippen molar-refractivity contribution in [3.63, 3.8) is 0 Å². The summed E-state index contributed by atoms with van der Waals surface area (Å²) in [5.74, 6) is 0.837. The van der Waals surface area contributed by atoms with Crippen LogP contribution in [0.4, 0.5) is 4.39 Å². The molecule has 0 bridgehead atoms. The van der Waals surface area contributed by atoms with Crippen LogP contribution in [0.3, 0.4) is 0 Å². The van der Waals surface area contributed by atoms with Crippen molar-refractivity contribution in [1.29, 1.82) is 0 Å². The van der Waals surface area contributed by atoms with Crippen molar-refractivity contribution in [1.82, 2.24) is 15.5 Å². The highest BCUT2D eigenvalue weighted by molar-refractivity contribution is 6.03. The number of halogens is 1. The molecule has 2 aliphatic rings. The zero-order valence-electron chi connectivity index (χ0n) is 24.4. The van der Waals surface area contributed by atoms with E-state index in [1.807, 2.05) is 6.92 Å². The molecule has 3 heterocycles. The monoisotopic (exact) mass is 584 g/mol. The number of morpholine rings is 1. The van der Waals surface area contributed by atoms with E-state index in [1.165, 1.54) is 12.1 Å². The van der Waals surface area contributed by atoms with Crippen molar-refractivity contribution in [3.8, 4) is 11.1 Å². The van der Waals surface area contributed by atoms with Crippen molar-refractivity contribution in [3.05, 3.63) is 106 Å². The topological polar surface area (TPSA) is 117 Å². The van der Waals surface area contributed by atoms with Crippen LogP contribution in [0.5, 0.6) is 0 Å². The number of hydrogen-bond donors (Lipinski definition) is 3. The maximum absolute atomic E-state index is 14.3. The summed E-state index contributed by atoms with van der Waals surface area (Å²) in [7, 11) is 0. The SMILES string of the molecule is C=N/C=C(\CCCN1CCOCC1)C(=C)C1=C(NC(C)c2oc3ccccc3c(=O)c2-c2cccc(F)c2)NCN=C1N. The highest BCUT2D eigenvalue weighted by atomic mass is 19.1. The molecule has 224 valence electrons. The van der Waals surface area contributed by atoms with E-state index in [4.69, 9.17) is 14.9 Å². The molecule has 1 fully saturated rings. The third-order valence-electron chi connectivity index (χ3n) is 7.66. The number of aliphatic imine (C=N–C) groups is 2. The number of hydrogen-bond acceptors (Lipinski definition) is 9. The Bertz CT molecular complexity index is 1670. The van der Waals surface area contributed by atoms with E-state index < -0.39 is 11.9 Å². The van der Waals surface area contributed by atoms with Crippen LogP contribution in [-0.2, 0) is 4.74 Å². The number of benzene rings is 2. The second kappa shape index (κ2) is 13.6. The smallest absolute Gasteiger partial charge is 0.200 e. The fourth-order valence-corrected chi connectivity index (χ4v) is 5.47. The fourth-order valence-electron chi connectivity index (χ4n) is 5.47. The van der Waals surface area contributed by atoms with E-state index >= 15 is 0 Å². The Kier molecular flexibility index (Phi) is 9.48. The van der Waals surface area contributed by atoms with Crippen LogP contribution in [0, 0.1) is 5.82 Å². The molecule has 0 amide bonds. The minimum absolute atomic E-state index is 0.241. The van der Waals surface area contributed by atoms with Crippen LogP contribution in [0.15, 0.2) is 103 Å². The Morgan fingerprint density at radius 2 is 2.05 bits per heavy atom. The van der Waals surface area contributed by atoms with E-state index in [2.05, 4.69) is 38.8 Å². The Morgan fingerprint density at radius 1 is 1.26 bits per heavy atom. The highest BCUT2D eigenvalue weighted by Crippen LogP contribution is 2.31. The summed E-state index contributed by atoms with van der Waals surface area (Å²) >= 11 is 0. The van der Waals surface area contributed by atoms with Crippen molar-refractivity contribution < 1.29 is 13.5 Å². The Labute approximate surface area is 250 Å². The summed E-state index contributed by atoms with van der Waals surface area (Å²) in [6.07, 6.45) is 3.33. The summed E-state index contributed by atoms with van der Waals surface area (Å²) in [6.45, 7) is 14.4. The maximum Gasteiger partial charge on any atom is 0.200 e. The van der Waals surface area contributed by atoms with Gasteiger partial charge >= 0.3 is 0 Å². The fraction of sp³-hybridized carbons (Fsp3) is 0.303. The van der Waals surface area contributed by atoms with Gasteiger partial charge in [-0.25, -0.2) is 9.38 Å². The van der Waals surface area contributed by atoms with Gasteiger partial charge in [-0.2, -0.15) is 0 Å². The van der Waals surface area contributed by atoms with E-state index in [-0.39, 0.29) is 17.7 Å². The minimum Gasteiger partial charge on any atom is -0.458 e. The van der Waals surface area contributed by atoms with Gasteiger partial charge in [-0.05, 0) is 74.0 Å². The van der Waals surface area contributed by atoms with Gasteiger partial charge in [0.25, 0.3) is 0 Å². The van der Waals surface area contributed by atoms with Crippen molar-refractivity contribution in [2.45, 2.75) is 25.8 Å². The molecular weight excluding hydrogens is 547 g/mol. The first-order chi connectivity index (χ1) is 20.9. The van der Waals surface area contributed by atoms with E-state index in [0.717, 1.165) is 51.3 Å². The third kappa shape index (κ3) is 6.76. The number of nitrogens with two attached hydrogens (primary N) is 1. The van der Waals surface area contributed by atoms with E-state index in [9.17, 15) is 9.18 Å². The molecule has 9 nitrogen and oxygen atoms in total. The van der Waals surface area contributed by atoms with Crippen LogP contribution in [-0.4, -0.2) is 57.0 Å². The lowest BCUT2D eigenvalue weighted by atomic mass is 9.94. The molecule has 5 rings (SSSR count). The number of ether oxygens (including phenoxy) is 1. The van der Waals surface area contributed by atoms with Crippen LogP contribution < -0.4 is 21.8 Å². The van der Waals surface area contributed by atoms with Gasteiger partial charge in [-0.15, -0.1) is 0 Å². The molecule has 1 unspecified atom stereocenters. The number of rotatable bonds is 11. The van der Waals surface area contributed by atoms with Crippen LogP contribution in [0.2, 0.25) is 0 Å². The van der Waals surface area contributed by atoms with Gasteiger partial charge < -0.3 is 25.5 Å². The zero-order valence-corrected chi connectivity index (χ0v) is 24.4. The Balaban J connectivity index is 1.48. The zero-order chi connectivity index (χ0) is 30.3. The standard InChI is InChI=1S/C33H37FN6O3/c1-21(24(19-36-3)9-7-13-40-14-16-42-17-15-40)28-32(35)37-20-38-33(28)39-22(2)31-29(23-8-6-10-25(34)18-23)30(41)26-11-4-5-12-27(26)43-31/h4-6,8,10-12,18-19,22,38-39H,1,3,7,9,13-17,20H2,2H3,(H2,35,37)/b24-19+. The highest BCUT2D eigenvalue weighted by Gasteiger charge is 2.26. The Morgan fingerprint density at radius 3 is 2.81 bits per heavy atom. The summed E-state index contributed by atoms with van der Waals surface area (Å²) in [5, 5.41) is 7.13. The second-order valence-electron chi connectivity index (χ2n) is 10.5. The first-order valence-electron chi connectivity index (χ1n) is 14.4. The molecule has 1 saturated heterocycles. The number of nitrogens with one attached hydrogen (secondary N) is 2. The van der Waals surface area contributed by atoms with Crippen LogP contribution in [0.25, 0.3) is 22.1 Å². The predicted molar refractivity (Wildman–Crippen MR) is 169 cm³/mol. The minimum atomic E-state index is -0.530. The molecule has 2 aliphatic heterocycles. The van der Waals surface area contributed by atoms with Gasteiger partial charge in [-0.3, -0.25) is 14.7 Å². The number of allylic oxidation sites excluding steroid dienone is 1. The lowest BCUT2D eigenvalue weighted by molar-refractivity contribution is 0.0375. The third-order valence-corrected chi connectivity index (χ3v) is 7.66. The number of amidine groups is 1. The van der Waals surface area contributed by atoms with Crippen molar-refractivity contribution in [2.75, 3.05) is 39.5 Å². The van der Waals surface area contributed by atoms with Gasteiger partial charge in [-0.1, -0.05) is 30.8 Å². The summed E-state index contributed by atoms with van der Waals surface area (Å²) in [5.41, 5.74) is 9.53. The largest absolute Gasteiger partial charge is 0.458 e. The second-order valence-corrected chi connectivity index (χ2v) is 10.5. The summed E-state index contributed by atoms with van der Waals surface area (Å²) < 4.78 is 26.1. The molecular formula is C33H37FN6O3. The van der Waals surface area contributed by atoms with Gasteiger partial charge in [0.05, 0.1) is 35.8 Å². The molecule has 0 saturated carbocycles. The summed E-state index contributed by atoms with van der Waals surface area (Å²) in [6, 6.07) is 12.5. The first-order valence-corrected chi connectivity index (χ1v) is 14.4. The molecule has 10 heteroatoms. The lowest BCUT2D eigenvalue weighted by Gasteiger charge is -2.28. The molecule has 1 aromatic heterocycles. The number of fused-ring (bicyclic) bond motifs is 1. The van der Waals surface area contributed by atoms with Gasteiger partial charge in [0.15, 0.2) is 0 Å². The molecule has 0 aliphatic carbocycles. The average Bonchev–Trinajstić information content (AvgIpc) is 3.01. The van der Waals surface area contributed by atoms with Crippen LogP contribution >= 0.6 is 0 Å². The normalized spacial score (nSPS) is 16.9. The van der Waals surface area contributed by atoms with Crippen molar-refractivity contribution in [2.24, 2.45) is 15.7 Å². The van der Waals surface area contributed by atoms with E-state index in [1.54, 1.807) is 42.6 Å². The molecule has 1 atom stereocenters.